The van der Waals surface area contributed by atoms with E-state index in [1.807, 2.05) is 24.3 Å². The quantitative estimate of drug-likeness (QED) is 0.872. The van der Waals surface area contributed by atoms with Gasteiger partial charge in [-0.3, -0.25) is 4.79 Å². The van der Waals surface area contributed by atoms with Gasteiger partial charge >= 0.3 is 6.03 Å². The Morgan fingerprint density at radius 3 is 2.42 bits per heavy atom. The highest BCUT2D eigenvalue weighted by atomic mass is 16.2. The Kier molecular flexibility index (Phi) is 3.91. The van der Waals surface area contributed by atoms with Gasteiger partial charge < -0.3 is 15.5 Å². The number of rotatable bonds is 3. The van der Waals surface area contributed by atoms with Crippen LogP contribution >= 0.6 is 0 Å². The number of hydrogen-bond acceptors (Lipinski definition) is 2. The van der Waals surface area contributed by atoms with Crippen molar-refractivity contribution in [1.82, 2.24) is 10.2 Å². The zero-order valence-electron chi connectivity index (χ0n) is 15.1. The fourth-order valence-electron chi connectivity index (χ4n) is 5.51. The maximum atomic E-state index is 13.2. The molecule has 2 heterocycles. The summed E-state index contributed by atoms with van der Waals surface area (Å²) in [5.41, 5.74) is 1.38. The Balaban J connectivity index is 1.32. The van der Waals surface area contributed by atoms with Gasteiger partial charge in [0.15, 0.2) is 0 Å². The normalized spacial score (nSPS) is 32.2. The summed E-state index contributed by atoms with van der Waals surface area (Å²) >= 11 is 0. The van der Waals surface area contributed by atoms with Crippen molar-refractivity contribution in [3.63, 3.8) is 0 Å². The van der Waals surface area contributed by atoms with E-state index in [4.69, 9.17) is 0 Å². The molecule has 5 aliphatic rings. The summed E-state index contributed by atoms with van der Waals surface area (Å²) in [6, 6.07) is 7.96. The molecule has 6 rings (SSSR count). The number of nitrogens with one attached hydrogen (secondary N) is 2. The summed E-state index contributed by atoms with van der Waals surface area (Å²) < 4.78 is 0. The molecule has 5 fully saturated rings. The van der Waals surface area contributed by atoms with Gasteiger partial charge in [-0.25, -0.2) is 4.79 Å². The van der Waals surface area contributed by atoms with E-state index in [1.54, 1.807) is 0 Å². The van der Waals surface area contributed by atoms with Crippen LogP contribution in [0.4, 0.5) is 10.5 Å². The number of anilines is 1. The van der Waals surface area contributed by atoms with Gasteiger partial charge in [-0.15, -0.1) is 0 Å². The van der Waals surface area contributed by atoms with Gasteiger partial charge in [0.05, 0.1) is 0 Å². The monoisotopic (exact) mass is 353 g/mol. The van der Waals surface area contributed by atoms with Crippen LogP contribution < -0.4 is 10.6 Å². The molecule has 2 unspecified atom stereocenters. The molecule has 2 N–H and O–H groups in total. The molecule has 1 aromatic rings. The number of fused-ring (bicyclic) bond motifs is 1. The molecule has 3 aliphatic carbocycles. The fraction of sp³-hybridized carbons (Fsp3) is 0.619. The van der Waals surface area contributed by atoms with Gasteiger partial charge in [-0.05, 0) is 80.9 Å². The third-order valence-electron chi connectivity index (χ3n) is 6.65. The summed E-state index contributed by atoms with van der Waals surface area (Å²) in [4.78, 5) is 27.4. The van der Waals surface area contributed by atoms with E-state index in [1.165, 1.54) is 32.1 Å². The first kappa shape index (κ1) is 16.2. The first-order valence-electron chi connectivity index (χ1n) is 10.1. The van der Waals surface area contributed by atoms with E-state index in [2.05, 4.69) is 15.5 Å². The van der Waals surface area contributed by atoms with E-state index < -0.39 is 0 Å². The molecular weight excluding hydrogens is 326 g/mol. The van der Waals surface area contributed by atoms with Crippen LogP contribution in [0.5, 0.6) is 0 Å². The highest BCUT2D eigenvalue weighted by molar-refractivity contribution is 5.97. The van der Waals surface area contributed by atoms with E-state index in [0.717, 1.165) is 31.2 Å². The Bertz CT molecular complexity index is 716. The van der Waals surface area contributed by atoms with Crippen LogP contribution in [0.15, 0.2) is 24.3 Å². The van der Waals surface area contributed by atoms with Crippen LogP contribution in [0.25, 0.3) is 0 Å². The molecule has 1 aromatic carbocycles. The van der Waals surface area contributed by atoms with Gasteiger partial charge in [0, 0.05) is 29.9 Å². The van der Waals surface area contributed by atoms with Crippen LogP contribution in [0.2, 0.25) is 0 Å². The van der Waals surface area contributed by atoms with Crippen LogP contribution in [0.1, 0.15) is 55.3 Å². The Hall–Kier alpha value is -2.04. The largest absolute Gasteiger partial charge is 0.335 e. The Morgan fingerprint density at radius 2 is 1.69 bits per heavy atom. The van der Waals surface area contributed by atoms with E-state index >= 15 is 0 Å². The van der Waals surface area contributed by atoms with Gasteiger partial charge in [-0.1, -0.05) is 6.07 Å². The van der Waals surface area contributed by atoms with Crippen LogP contribution in [0.3, 0.4) is 0 Å². The molecule has 5 heteroatoms. The number of hydrogen-bond donors (Lipinski definition) is 2. The summed E-state index contributed by atoms with van der Waals surface area (Å²) in [6.45, 7) is 0.913. The Morgan fingerprint density at radius 1 is 0.962 bits per heavy atom. The lowest BCUT2D eigenvalue weighted by atomic mass is 9.68. The minimum atomic E-state index is -0.178. The minimum Gasteiger partial charge on any atom is -0.335 e. The molecule has 0 radical (unpaired) electrons. The lowest BCUT2D eigenvalue weighted by molar-refractivity contribution is 0.0632. The van der Waals surface area contributed by atoms with E-state index in [0.29, 0.717) is 29.3 Å². The second kappa shape index (κ2) is 6.29. The molecule has 3 amide bonds. The van der Waals surface area contributed by atoms with Crippen molar-refractivity contribution < 1.29 is 9.59 Å². The van der Waals surface area contributed by atoms with Crippen molar-refractivity contribution in [1.29, 1.82) is 0 Å². The molecule has 0 spiro atoms. The first-order valence-corrected chi connectivity index (χ1v) is 10.1. The van der Waals surface area contributed by atoms with Crippen molar-refractivity contribution in [3.05, 3.63) is 29.8 Å². The number of carbonyl (C=O) groups is 2. The zero-order valence-corrected chi connectivity index (χ0v) is 15.1. The maximum Gasteiger partial charge on any atom is 0.319 e. The molecule has 138 valence electrons. The number of carbonyl (C=O) groups excluding carboxylic acids is 2. The molecule has 2 aliphatic heterocycles. The molecule has 0 aromatic heterocycles. The smallest absolute Gasteiger partial charge is 0.319 e. The third-order valence-corrected chi connectivity index (χ3v) is 6.65. The highest BCUT2D eigenvalue weighted by Crippen LogP contribution is 2.47. The molecule has 2 saturated heterocycles. The molecule has 5 nitrogen and oxygen atoms in total. The molecule has 26 heavy (non-hydrogen) atoms. The number of nitrogens with zero attached hydrogens (tertiary/aromatic N) is 1. The second-order valence-electron chi connectivity index (χ2n) is 8.84. The summed E-state index contributed by atoms with van der Waals surface area (Å²) in [6.07, 6.45) is 8.47. The number of amides is 3. The first-order chi connectivity index (χ1) is 12.6. The predicted octanol–water partition coefficient (Wildman–Crippen LogP) is 3.62. The van der Waals surface area contributed by atoms with Crippen molar-refractivity contribution in [3.8, 4) is 0 Å². The van der Waals surface area contributed by atoms with Gasteiger partial charge in [0.25, 0.3) is 5.91 Å². The van der Waals surface area contributed by atoms with Gasteiger partial charge in [0.2, 0.25) is 0 Å². The van der Waals surface area contributed by atoms with Crippen LogP contribution in [-0.2, 0) is 0 Å². The van der Waals surface area contributed by atoms with Crippen molar-refractivity contribution in [2.24, 2.45) is 17.8 Å². The lowest BCUT2D eigenvalue weighted by Gasteiger charge is -2.39. The third kappa shape index (κ3) is 3.19. The van der Waals surface area contributed by atoms with Crippen LogP contribution in [0, 0.1) is 17.8 Å². The topological polar surface area (TPSA) is 61.4 Å². The van der Waals surface area contributed by atoms with Crippen molar-refractivity contribution in [2.45, 2.75) is 57.0 Å². The fourth-order valence-corrected chi connectivity index (χ4v) is 5.51. The van der Waals surface area contributed by atoms with Crippen LogP contribution in [-0.4, -0.2) is 35.5 Å². The standard InChI is InChI=1S/C21H27N3O2/c25-20(24-12-15-7-13-6-14(8-15)10-19(24)9-13)16-2-1-3-18(11-16)23-21(26)22-17-4-5-17/h1-3,11,13-15,17,19H,4-10,12H2,(H2,22,23,26). The van der Waals surface area contributed by atoms with E-state index in [-0.39, 0.29) is 11.9 Å². The minimum absolute atomic E-state index is 0.134. The average molecular weight is 353 g/mol. The summed E-state index contributed by atoms with van der Waals surface area (Å²) in [5.74, 6) is 2.47. The molecule has 3 saturated carbocycles. The molecule has 4 bridgehead atoms. The predicted molar refractivity (Wildman–Crippen MR) is 100.0 cm³/mol. The van der Waals surface area contributed by atoms with Gasteiger partial charge in [-0.2, -0.15) is 0 Å². The van der Waals surface area contributed by atoms with E-state index in [9.17, 15) is 9.59 Å². The number of urea groups is 1. The summed E-state index contributed by atoms with van der Waals surface area (Å²) in [5, 5.41) is 5.78. The maximum absolute atomic E-state index is 13.2. The molecule has 2 atom stereocenters. The number of benzene rings is 1. The summed E-state index contributed by atoms with van der Waals surface area (Å²) in [7, 11) is 0. The van der Waals surface area contributed by atoms with Gasteiger partial charge in [0.1, 0.15) is 0 Å². The Labute approximate surface area is 154 Å². The SMILES string of the molecule is O=C(Nc1cccc(C(=O)N2CC3CC4CC(C3)CC2C4)c1)NC1CC1. The average Bonchev–Trinajstić information content (AvgIpc) is 3.43. The second-order valence-corrected chi connectivity index (χ2v) is 8.84. The molecular formula is C21H27N3O2. The highest BCUT2D eigenvalue weighted by Gasteiger charge is 2.44. The lowest BCUT2D eigenvalue weighted by Crippen LogP contribution is -2.42. The van der Waals surface area contributed by atoms with Crippen molar-refractivity contribution in [2.75, 3.05) is 11.9 Å². The van der Waals surface area contributed by atoms with Crippen molar-refractivity contribution >= 4 is 17.6 Å². The zero-order chi connectivity index (χ0) is 17.7.